The minimum atomic E-state index is -1.29. The van der Waals surface area contributed by atoms with Gasteiger partial charge >= 0.3 is 6.03 Å². The van der Waals surface area contributed by atoms with E-state index < -0.39 is 23.6 Å². The Balaban J connectivity index is 1.84. The third-order valence-electron chi connectivity index (χ3n) is 4.13. The van der Waals surface area contributed by atoms with Crippen LogP contribution < -0.4 is 5.32 Å². The summed E-state index contributed by atoms with van der Waals surface area (Å²) < 4.78 is 5.50. The van der Waals surface area contributed by atoms with E-state index in [1.54, 1.807) is 50.2 Å². The number of benzene rings is 1. The number of aryl methyl sites for hydroxylation is 1. The maximum Gasteiger partial charge on any atom is 0.325 e. The summed E-state index contributed by atoms with van der Waals surface area (Å²) in [6, 6.07) is 9.56. The number of rotatable bonds is 4. The second-order valence-corrected chi connectivity index (χ2v) is 6.33. The van der Waals surface area contributed by atoms with Gasteiger partial charge in [-0.3, -0.25) is 9.69 Å². The molecule has 7 heteroatoms. The number of aliphatic hydroxyl groups excluding tert-OH is 1. The molecule has 24 heavy (non-hydrogen) atoms. The van der Waals surface area contributed by atoms with Gasteiger partial charge in [0.05, 0.1) is 12.6 Å². The summed E-state index contributed by atoms with van der Waals surface area (Å²) in [5, 5.41) is 13.4. The van der Waals surface area contributed by atoms with Crippen molar-refractivity contribution in [2.45, 2.75) is 25.5 Å². The Kier molecular flexibility index (Phi) is 4.11. The molecule has 0 unspecified atom stereocenters. The van der Waals surface area contributed by atoms with Gasteiger partial charge in [-0.25, -0.2) is 4.79 Å². The first-order valence-corrected chi connectivity index (χ1v) is 7.84. The lowest BCUT2D eigenvalue weighted by Crippen LogP contribution is -2.41. The molecule has 1 aromatic carbocycles. The van der Waals surface area contributed by atoms with E-state index in [-0.39, 0.29) is 6.54 Å². The van der Waals surface area contributed by atoms with Gasteiger partial charge in [0.2, 0.25) is 0 Å². The van der Waals surface area contributed by atoms with E-state index in [0.717, 1.165) is 4.90 Å². The smallest absolute Gasteiger partial charge is 0.325 e. The molecule has 2 N–H and O–H groups in total. The molecule has 6 nitrogen and oxygen atoms in total. The molecule has 1 aliphatic heterocycles. The van der Waals surface area contributed by atoms with Crippen LogP contribution in [0.5, 0.6) is 0 Å². The number of aliphatic hydroxyl groups is 1. The van der Waals surface area contributed by atoms with Crippen LogP contribution in [-0.2, 0) is 10.3 Å². The van der Waals surface area contributed by atoms with Crippen molar-refractivity contribution >= 4 is 23.5 Å². The van der Waals surface area contributed by atoms with Gasteiger partial charge < -0.3 is 14.8 Å². The average Bonchev–Trinajstić information content (AvgIpc) is 3.06. The minimum Gasteiger partial charge on any atom is -0.463 e. The van der Waals surface area contributed by atoms with Crippen LogP contribution in [0, 0.1) is 6.92 Å². The molecule has 1 fully saturated rings. The number of amides is 3. The number of nitrogens with one attached hydrogen (secondary N) is 1. The highest BCUT2D eigenvalue weighted by molar-refractivity contribution is 6.31. The van der Waals surface area contributed by atoms with Gasteiger partial charge in [0.15, 0.2) is 5.54 Å². The lowest BCUT2D eigenvalue weighted by Gasteiger charge is -2.21. The molecule has 2 atom stereocenters. The summed E-state index contributed by atoms with van der Waals surface area (Å²) in [6.07, 6.45) is -1.07. The zero-order valence-corrected chi connectivity index (χ0v) is 14.0. The second kappa shape index (κ2) is 5.96. The van der Waals surface area contributed by atoms with Crippen molar-refractivity contribution in [2.24, 2.45) is 0 Å². The molecule has 2 heterocycles. The van der Waals surface area contributed by atoms with Crippen molar-refractivity contribution < 1.29 is 19.1 Å². The van der Waals surface area contributed by atoms with Crippen molar-refractivity contribution in [3.05, 3.63) is 58.5 Å². The first kappa shape index (κ1) is 16.5. The highest BCUT2D eigenvalue weighted by atomic mass is 35.5. The molecule has 0 saturated carbocycles. The molecular formula is C17H17ClN2O4. The van der Waals surface area contributed by atoms with Crippen molar-refractivity contribution in [1.82, 2.24) is 10.2 Å². The lowest BCUT2D eigenvalue weighted by molar-refractivity contribution is -0.132. The van der Waals surface area contributed by atoms with Crippen LogP contribution in [0.3, 0.4) is 0 Å². The molecule has 1 aromatic heterocycles. The fourth-order valence-corrected chi connectivity index (χ4v) is 3.01. The number of urea groups is 1. The third-order valence-corrected chi connectivity index (χ3v) is 4.47. The van der Waals surface area contributed by atoms with Gasteiger partial charge in [-0.05, 0) is 32.0 Å². The highest BCUT2D eigenvalue weighted by Gasteiger charge is 2.51. The maximum absolute atomic E-state index is 12.7. The largest absolute Gasteiger partial charge is 0.463 e. The summed E-state index contributed by atoms with van der Waals surface area (Å²) >= 11 is 6.05. The number of imide groups is 1. The number of halogens is 1. The normalized spacial score (nSPS) is 21.9. The quantitative estimate of drug-likeness (QED) is 0.832. The number of hydrogen-bond acceptors (Lipinski definition) is 4. The number of furan rings is 1. The highest BCUT2D eigenvalue weighted by Crippen LogP contribution is 2.32. The van der Waals surface area contributed by atoms with Gasteiger partial charge in [0.25, 0.3) is 5.91 Å². The monoisotopic (exact) mass is 348 g/mol. The summed E-state index contributed by atoms with van der Waals surface area (Å²) in [5.74, 6) is 0.517. The summed E-state index contributed by atoms with van der Waals surface area (Å²) in [4.78, 5) is 26.0. The first-order valence-electron chi connectivity index (χ1n) is 7.46. The Morgan fingerprint density at radius 3 is 2.62 bits per heavy atom. The third kappa shape index (κ3) is 2.68. The second-order valence-electron chi connectivity index (χ2n) is 5.92. The van der Waals surface area contributed by atoms with Gasteiger partial charge in [-0.15, -0.1) is 0 Å². The van der Waals surface area contributed by atoms with Crippen LogP contribution in [0.1, 0.15) is 30.1 Å². The van der Waals surface area contributed by atoms with Crippen molar-refractivity contribution in [1.29, 1.82) is 0 Å². The molecule has 3 amide bonds. The molecule has 2 aromatic rings. The summed E-state index contributed by atoms with van der Waals surface area (Å²) in [7, 11) is 0. The Labute approximate surface area is 144 Å². The number of β-amino-alcohol motifs (C(OH)–C–C–N with tert-alkyl or cyclic N) is 1. The molecule has 0 radical (unpaired) electrons. The summed E-state index contributed by atoms with van der Waals surface area (Å²) in [5.41, 5.74) is -0.826. The number of nitrogens with zero attached hydrogens (tertiary/aromatic N) is 1. The van der Waals surface area contributed by atoms with Crippen LogP contribution in [0.15, 0.2) is 40.8 Å². The first-order chi connectivity index (χ1) is 11.3. The van der Waals surface area contributed by atoms with Crippen LogP contribution in [-0.4, -0.2) is 28.5 Å². The van der Waals surface area contributed by atoms with Gasteiger partial charge in [0.1, 0.15) is 11.5 Å². The van der Waals surface area contributed by atoms with E-state index in [2.05, 4.69) is 5.32 Å². The number of carbonyl (C=O) groups excluding carboxylic acids is 2. The maximum atomic E-state index is 12.7. The minimum absolute atomic E-state index is 0.191. The zero-order valence-electron chi connectivity index (χ0n) is 13.2. The molecule has 1 saturated heterocycles. The van der Waals surface area contributed by atoms with E-state index in [4.69, 9.17) is 16.0 Å². The number of carbonyl (C=O) groups is 2. The van der Waals surface area contributed by atoms with Gasteiger partial charge in [-0.1, -0.05) is 29.8 Å². The molecule has 126 valence electrons. The van der Waals surface area contributed by atoms with Gasteiger partial charge in [-0.2, -0.15) is 0 Å². The van der Waals surface area contributed by atoms with E-state index >= 15 is 0 Å². The number of hydrogen-bond donors (Lipinski definition) is 2. The molecule has 1 aliphatic rings. The molecule has 0 aliphatic carbocycles. The fraction of sp³-hybridized carbons (Fsp3) is 0.294. The Morgan fingerprint density at radius 1 is 1.29 bits per heavy atom. The Bertz CT molecular complexity index is 803. The van der Waals surface area contributed by atoms with Crippen molar-refractivity contribution in [3.8, 4) is 0 Å². The van der Waals surface area contributed by atoms with Crippen molar-refractivity contribution in [2.75, 3.05) is 6.54 Å². The molecular weight excluding hydrogens is 332 g/mol. The molecule has 0 bridgehead atoms. The predicted octanol–water partition coefficient (Wildman–Crippen LogP) is 2.74. The predicted molar refractivity (Wildman–Crippen MR) is 87.5 cm³/mol. The molecule has 3 rings (SSSR count). The van der Waals surface area contributed by atoms with E-state index in [1.165, 1.54) is 0 Å². The standard InChI is InChI=1S/C17H17ClN2O4/c1-10-7-8-14(24-10)17(2)15(22)20(16(23)19-17)9-13(21)11-5-3-4-6-12(11)18/h3-8,13,21H,9H2,1-2H3,(H,19,23)/t13-,17+/m1/s1. The van der Waals surface area contributed by atoms with Crippen LogP contribution in [0.4, 0.5) is 4.79 Å². The topological polar surface area (TPSA) is 82.8 Å². The zero-order chi connectivity index (χ0) is 17.5. The average molecular weight is 349 g/mol. The summed E-state index contributed by atoms with van der Waals surface area (Å²) in [6.45, 7) is 3.14. The fourth-order valence-electron chi connectivity index (χ4n) is 2.75. The van der Waals surface area contributed by atoms with Crippen LogP contribution in [0.2, 0.25) is 5.02 Å². The van der Waals surface area contributed by atoms with E-state index in [0.29, 0.717) is 22.1 Å². The van der Waals surface area contributed by atoms with E-state index in [1.807, 2.05) is 0 Å². The Hall–Kier alpha value is -2.31. The van der Waals surface area contributed by atoms with Crippen LogP contribution >= 0.6 is 11.6 Å². The SMILES string of the molecule is Cc1ccc([C@]2(C)NC(=O)N(C[C@@H](O)c3ccccc3Cl)C2=O)o1. The van der Waals surface area contributed by atoms with Crippen LogP contribution in [0.25, 0.3) is 0 Å². The lowest BCUT2D eigenvalue weighted by atomic mass is 9.99. The van der Waals surface area contributed by atoms with Crippen molar-refractivity contribution in [3.63, 3.8) is 0 Å². The Morgan fingerprint density at radius 2 is 2.00 bits per heavy atom. The molecule has 0 spiro atoms. The van der Waals surface area contributed by atoms with E-state index in [9.17, 15) is 14.7 Å². The van der Waals surface area contributed by atoms with Gasteiger partial charge in [0, 0.05) is 10.6 Å².